The molecule has 0 radical (unpaired) electrons. The van der Waals surface area contributed by atoms with Gasteiger partial charge in [-0.3, -0.25) is 9.59 Å². The molecule has 2 heterocycles. The van der Waals surface area contributed by atoms with Gasteiger partial charge in [0.2, 0.25) is 5.91 Å². The van der Waals surface area contributed by atoms with Crippen molar-refractivity contribution in [1.29, 1.82) is 0 Å². The summed E-state index contributed by atoms with van der Waals surface area (Å²) in [7, 11) is 1.60. The summed E-state index contributed by atoms with van der Waals surface area (Å²) in [5.41, 5.74) is 2.41. The predicted molar refractivity (Wildman–Crippen MR) is 137 cm³/mol. The number of ether oxygens (including phenoxy) is 2. The SMILES string of the molecule is CCOc1ccc(CNC(=O)[C@@H](C)C2CCN(C(=O)c3cc4cc(Cl)ccc4[nH]3)CC2)cc1OC. The van der Waals surface area contributed by atoms with Crippen LogP contribution >= 0.6 is 11.6 Å². The van der Waals surface area contributed by atoms with Crippen LogP contribution < -0.4 is 14.8 Å². The van der Waals surface area contributed by atoms with Crippen LogP contribution in [0.1, 0.15) is 42.7 Å². The third-order valence-electron chi connectivity index (χ3n) is 6.76. The highest BCUT2D eigenvalue weighted by Crippen LogP contribution is 2.29. The van der Waals surface area contributed by atoms with Crippen LogP contribution in [0.5, 0.6) is 11.5 Å². The lowest BCUT2D eigenvalue weighted by Crippen LogP contribution is -2.42. The van der Waals surface area contributed by atoms with Crippen molar-refractivity contribution in [2.45, 2.75) is 33.2 Å². The highest BCUT2D eigenvalue weighted by molar-refractivity contribution is 6.31. The van der Waals surface area contributed by atoms with Gasteiger partial charge in [-0.15, -0.1) is 0 Å². The largest absolute Gasteiger partial charge is 0.493 e. The molecule has 1 aliphatic heterocycles. The Balaban J connectivity index is 1.29. The summed E-state index contributed by atoms with van der Waals surface area (Å²) >= 11 is 6.06. The molecule has 2 amide bonds. The molecule has 186 valence electrons. The summed E-state index contributed by atoms with van der Waals surface area (Å²) in [4.78, 5) is 30.9. The maximum Gasteiger partial charge on any atom is 0.270 e. The number of hydrogen-bond donors (Lipinski definition) is 2. The Kier molecular flexibility index (Phi) is 7.86. The number of aromatic amines is 1. The van der Waals surface area contributed by atoms with Crippen molar-refractivity contribution in [2.75, 3.05) is 26.8 Å². The van der Waals surface area contributed by atoms with Crippen LogP contribution in [0.15, 0.2) is 42.5 Å². The van der Waals surface area contributed by atoms with Crippen LogP contribution in [0.3, 0.4) is 0 Å². The number of hydrogen-bond acceptors (Lipinski definition) is 4. The molecule has 3 aromatic rings. The number of carbonyl (C=O) groups is 2. The lowest BCUT2D eigenvalue weighted by atomic mass is 9.84. The van der Waals surface area contributed by atoms with Gasteiger partial charge in [0.25, 0.3) is 5.91 Å². The van der Waals surface area contributed by atoms with Crippen LogP contribution in [-0.4, -0.2) is 48.5 Å². The molecule has 0 saturated carbocycles. The molecule has 1 saturated heterocycles. The van der Waals surface area contributed by atoms with Gasteiger partial charge in [-0.1, -0.05) is 24.6 Å². The second-order valence-corrected chi connectivity index (χ2v) is 9.41. The van der Waals surface area contributed by atoms with Crippen LogP contribution in [0.25, 0.3) is 10.9 Å². The monoisotopic (exact) mass is 497 g/mol. The molecule has 8 heteroatoms. The number of amides is 2. The van der Waals surface area contributed by atoms with Crippen molar-refractivity contribution in [3.05, 3.63) is 58.7 Å². The third kappa shape index (κ3) is 5.73. The summed E-state index contributed by atoms with van der Waals surface area (Å²) in [5.74, 6) is 1.45. The Labute approximate surface area is 210 Å². The predicted octanol–water partition coefficient (Wildman–Crippen LogP) is 5.03. The van der Waals surface area contributed by atoms with Gasteiger partial charge in [-0.2, -0.15) is 0 Å². The Morgan fingerprint density at radius 3 is 2.63 bits per heavy atom. The second kappa shape index (κ2) is 11.0. The number of aromatic nitrogens is 1. The van der Waals surface area contributed by atoms with E-state index in [1.807, 2.05) is 55.1 Å². The average molecular weight is 498 g/mol. The smallest absolute Gasteiger partial charge is 0.270 e. The second-order valence-electron chi connectivity index (χ2n) is 8.97. The van der Waals surface area contributed by atoms with E-state index in [1.165, 1.54) is 0 Å². The highest BCUT2D eigenvalue weighted by atomic mass is 35.5. The first kappa shape index (κ1) is 24.9. The fourth-order valence-electron chi connectivity index (χ4n) is 4.65. The lowest BCUT2D eigenvalue weighted by molar-refractivity contribution is -0.126. The maximum absolute atomic E-state index is 13.0. The van der Waals surface area contributed by atoms with E-state index in [0.717, 1.165) is 29.3 Å². The van der Waals surface area contributed by atoms with Gasteiger partial charge < -0.3 is 24.7 Å². The van der Waals surface area contributed by atoms with Gasteiger partial charge in [0.05, 0.1) is 13.7 Å². The minimum atomic E-state index is -0.132. The van der Waals surface area contributed by atoms with E-state index >= 15 is 0 Å². The quantitative estimate of drug-likeness (QED) is 0.457. The molecule has 2 N–H and O–H groups in total. The summed E-state index contributed by atoms with van der Waals surface area (Å²) in [6.45, 7) is 6.14. The number of H-pyrrole nitrogens is 1. The molecule has 0 unspecified atom stereocenters. The molecule has 1 atom stereocenters. The fraction of sp³-hybridized carbons (Fsp3) is 0.407. The molecule has 1 aromatic heterocycles. The molecule has 0 spiro atoms. The van der Waals surface area contributed by atoms with Crippen molar-refractivity contribution in [2.24, 2.45) is 11.8 Å². The van der Waals surface area contributed by atoms with Crippen molar-refractivity contribution < 1.29 is 19.1 Å². The zero-order valence-corrected chi connectivity index (χ0v) is 21.2. The summed E-state index contributed by atoms with van der Waals surface area (Å²) in [5, 5.41) is 4.61. The van der Waals surface area contributed by atoms with Crippen LogP contribution in [0.4, 0.5) is 0 Å². The van der Waals surface area contributed by atoms with Gasteiger partial charge in [-0.25, -0.2) is 0 Å². The van der Waals surface area contributed by atoms with E-state index in [4.69, 9.17) is 21.1 Å². The lowest BCUT2D eigenvalue weighted by Gasteiger charge is -2.34. The molecule has 4 rings (SSSR count). The van der Waals surface area contributed by atoms with Crippen molar-refractivity contribution >= 4 is 34.3 Å². The average Bonchev–Trinajstić information content (AvgIpc) is 3.30. The third-order valence-corrected chi connectivity index (χ3v) is 6.99. The molecule has 1 fully saturated rings. The van der Waals surface area contributed by atoms with Gasteiger partial charge in [0.1, 0.15) is 5.69 Å². The number of likely N-dealkylation sites (tertiary alicyclic amines) is 1. The number of methoxy groups -OCH3 is 1. The minimum absolute atomic E-state index is 0.0164. The molecular formula is C27H32ClN3O4. The molecule has 0 aliphatic carbocycles. The van der Waals surface area contributed by atoms with E-state index in [9.17, 15) is 9.59 Å². The maximum atomic E-state index is 13.0. The summed E-state index contributed by atoms with van der Waals surface area (Å²) in [6.07, 6.45) is 1.59. The van der Waals surface area contributed by atoms with Gasteiger partial charge in [0.15, 0.2) is 11.5 Å². The van der Waals surface area contributed by atoms with Crippen molar-refractivity contribution in [3.63, 3.8) is 0 Å². The molecule has 7 nitrogen and oxygen atoms in total. The first-order chi connectivity index (χ1) is 16.9. The number of fused-ring (bicyclic) bond motifs is 1. The normalized spacial score (nSPS) is 15.1. The number of piperidine rings is 1. The minimum Gasteiger partial charge on any atom is -0.493 e. The number of nitrogens with one attached hydrogen (secondary N) is 2. The molecular weight excluding hydrogens is 466 g/mol. The standard InChI is InChI=1S/C27H32ClN3O4/c1-4-35-24-8-5-18(13-25(24)34-3)16-29-26(32)17(2)19-9-11-31(12-10-19)27(33)23-15-20-14-21(28)6-7-22(20)30-23/h5-8,13-15,17,19,30H,4,9-12,16H2,1-3H3,(H,29,32)/t17-/m0/s1. The van der Waals surface area contributed by atoms with E-state index in [1.54, 1.807) is 13.2 Å². The van der Waals surface area contributed by atoms with Crippen LogP contribution in [0.2, 0.25) is 5.02 Å². The number of halogens is 1. The van der Waals surface area contributed by atoms with E-state index in [2.05, 4.69) is 10.3 Å². The van der Waals surface area contributed by atoms with Crippen molar-refractivity contribution in [1.82, 2.24) is 15.2 Å². The van der Waals surface area contributed by atoms with Crippen LogP contribution in [-0.2, 0) is 11.3 Å². The van der Waals surface area contributed by atoms with E-state index in [-0.39, 0.29) is 23.7 Å². The zero-order valence-electron chi connectivity index (χ0n) is 20.4. The first-order valence-electron chi connectivity index (χ1n) is 12.0. The van der Waals surface area contributed by atoms with E-state index < -0.39 is 0 Å². The van der Waals surface area contributed by atoms with Gasteiger partial charge in [-0.05, 0) is 67.6 Å². The Hall–Kier alpha value is -3.19. The number of carbonyl (C=O) groups excluding carboxylic acids is 2. The van der Waals surface area contributed by atoms with Crippen LogP contribution in [0, 0.1) is 11.8 Å². The number of benzene rings is 2. The Morgan fingerprint density at radius 1 is 1.14 bits per heavy atom. The first-order valence-corrected chi connectivity index (χ1v) is 12.4. The summed E-state index contributed by atoms with van der Waals surface area (Å²) in [6, 6.07) is 13.1. The zero-order chi connectivity index (χ0) is 24.9. The molecule has 2 aromatic carbocycles. The number of rotatable bonds is 8. The van der Waals surface area contributed by atoms with Gasteiger partial charge >= 0.3 is 0 Å². The fourth-order valence-corrected chi connectivity index (χ4v) is 4.83. The molecule has 35 heavy (non-hydrogen) atoms. The molecule has 0 bridgehead atoms. The Morgan fingerprint density at radius 2 is 1.91 bits per heavy atom. The van der Waals surface area contributed by atoms with E-state index in [0.29, 0.717) is 48.5 Å². The van der Waals surface area contributed by atoms with Gasteiger partial charge in [0, 0.05) is 41.5 Å². The molecule has 1 aliphatic rings. The number of nitrogens with zero attached hydrogens (tertiary/aromatic N) is 1. The Bertz CT molecular complexity index is 1200. The highest BCUT2D eigenvalue weighted by Gasteiger charge is 2.30. The van der Waals surface area contributed by atoms with Crippen molar-refractivity contribution in [3.8, 4) is 11.5 Å². The topological polar surface area (TPSA) is 83.7 Å². The summed E-state index contributed by atoms with van der Waals surface area (Å²) < 4.78 is 10.9.